The summed E-state index contributed by atoms with van der Waals surface area (Å²) in [5.74, 6) is 0.828. The summed E-state index contributed by atoms with van der Waals surface area (Å²) in [6, 6.07) is 15.2. The van der Waals surface area contributed by atoms with Crippen molar-refractivity contribution in [3.05, 3.63) is 59.7 Å². The second-order valence-electron chi connectivity index (χ2n) is 8.33. The zero-order valence-corrected chi connectivity index (χ0v) is 18.2. The lowest BCUT2D eigenvalue weighted by Crippen LogP contribution is -2.45. The van der Waals surface area contributed by atoms with E-state index in [0.717, 1.165) is 68.9 Å². The molecule has 2 heterocycles. The molecule has 164 valence electrons. The number of rotatable bonds is 5. The third kappa shape index (κ3) is 5.01. The van der Waals surface area contributed by atoms with Gasteiger partial charge in [-0.15, -0.1) is 0 Å². The van der Waals surface area contributed by atoms with Crippen molar-refractivity contribution >= 4 is 17.5 Å². The van der Waals surface area contributed by atoms with Crippen molar-refractivity contribution in [3.63, 3.8) is 0 Å². The van der Waals surface area contributed by atoms with E-state index in [0.29, 0.717) is 5.56 Å². The Morgan fingerprint density at radius 1 is 0.903 bits per heavy atom. The fourth-order valence-corrected chi connectivity index (χ4v) is 4.47. The van der Waals surface area contributed by atoms with Gasteiger partial charge in [-0.25, -0.2) is 0 Å². The summed E-state index contributed by atoms with van der Waals surface area (Å²) < 4.78 is 5.15. The normalized spacial score (nSPS) is 17.3. The van der Waals surface area contributed by atoms with Crippen molar-refractivity contribution < 1.29 is 14.3 Å². The molecule has 0 atom stereocenters. The van der Waals surface area contributed by atoms with E-state index in [1.54, 1.807) is 31.4 Å². The minimum atomic E-state index is -0.0539. The summed E-state index contributed by atoms with van der Waals surface area (Å²) in [6.45, 7) is 3.34. The van der Waals surface area contributed by atoms with Gasteiger partial charge in [-0.3, -0.25) is 9.59 Å². The molecule has 0 radical (unpaired) electrons. The smallest absolute Gasteiger partial charge is 0.255 e. The predicted molar refractivity (Wildman–Crippen MR) is 122 cm³/mol. The first-order chi connectivity index (χ1) is 15.2. The lowest BCUT2D eigenvalue weighted by molar-refractivity contribution is 0.0724. The van der Waals surface area contributed by atoms with Crippen LogP contribution >= 0.6 is 0 Å². The molecule has 2 aliphatic rings. The summed E-state index contributed by atoms with van der Waals surface area (Å²) in [6.07, 6.45) is 5.10. The van der Waals surface area contributed by atoms with Crippen molar-refractivity contribution in [1.82, 2.24) is 10.2 Å². The Labute approximate surface area is 184 Å². The third-order valence-electron chi connectivity index (χ3n) is 6.30. The summed E-state index contributed by atoms with van der Waals surface area (Å²) in [7, 11) is 1.61. The molecule has 2 aromatic carbocycles. The second kappa shape index (κ2) is 9.86. The van der Waals surface area contributed by atoms with Crippen LogP contribution < -0.4 is 15.0 Å². The second-order valence-corrected chi connectivity index (χ2v) is 8.33. The number of piperidine rings is 2. The first-order valence-corrected chi connectivity index (χ1v) is 11.2. The Morgan fingerprint density at radius 3 is 2.26 bits per heavy atom. The van der Waals surface area contributed by atoms with E-state index in [4.69, 9.17) is 4.74 Å². The van der Waals surface area contributed by atoms with Crippen LogP contribution in [0.2, 0.25) is 0 Å². The number of nitrogens with one attached hydrogen (secondary N) is 1. The molecule has 2 amide bonds. The molecular formula is C25H31N3O3. The SMILES string of the molecule is COc1ccc(C(=O)NC2CCN(c3ccccc3C(=O)N3CCCCC3)CC2)cc1. The predicted octanol–water partition coefficient (Wildman–Crippen LogP) is 3.72. The van der Waals surface area contributed by atoms with Gasteiger partial charge >= 0.3 is 0 Å². The van der Waals surface area contributed by atoms with E-state index in [-0.39, 0.29) is 17.9 Å². The van der Waals surface area contributed by atoms with Crippen molar-refractivity contribution in [1.29, 1.82) is 0 Å². The fraction of sp³-hybridized carbons (Fsp3) is 0.440. The average Bonchev–Trinajstić information content (AvgIpc) is 2.84. The number of likely N-dealkylation sites (tertiary alicyclic amines) is 1. The van der Waals surface area contributed by atoms with Crippen molar-refractivity contribution in [3.8, 4) is 5.75 Å². The number of hydrogen-bond acceptors (Lipinski definition) is 4. The molecular weight excluding hydrogens is 390 g/mol. The van der Waals surface area contributed by atoms with Gasteiger partial charge < -0.3 is 19.9 Å². The molecule has 0 spiro atoms. The molecule has 0 saturated carbocycles. The molecule has 0 aliphatic carbocycles. The monoisotopic (exact) mass is 421 g/mol. The number of hydrogen-bond donors (Lipinski definition) is 1. The largest absolute Gasteiger partial charge is 0.497 e. The van der Waals surface area contributed by atoms with E-state index in [2.05, 4.69) is 10.2 Å². The van der Waals surface area contributed by atoms with Gasteiger partial charge in [-0.05, 0) is 68.5 Å². The van der Waals surface area contributed by atoms with E-state index in [1.165, 1.54) is 6.42 Å². The number of benzene rings is 2. The third-order valence-corrected chi connectivity index (χ3v) is 6.30. The fourth-order valence-electron chi connectivity index (χ4n) is 4.47. The molecule has 2 saturated heterocycles. The van der Waals surface area contributed by atoms with Crippen LogP contribution in [0.15, 0.2) is 48.5 Å². The zero-order valence-electron chi connectivity index (χ0n) is 18.2. The Morgan fingerprint density at radius 2 is 1.58 bits per heavy atom. The van der Waals surface area contributed by atoms with Gasteiger partial charge in [0.1, 0.15) is 5.75 Å². The highest BCUT2D eigenvalue weighted by atomic mass is 16.5. The highest BCUT2D eigenvalue weighted by molar-refractivity contribution is 6.00. The maximum atomic E-state index is 13.1. The molecule has 2 fully saturated rings. The lowest BCUT2D eigenvalue weighted by atomic mass is 10.0. The van der Waals surface area contributed by atoms with Crippen LogP contribution in [0, 0.1) is 0 Å². The van der Waals surface area contributed by atoms with E-state index >= 15 is 0 Å². The molecule has 0 aromatic heterocycles. The number of carbonyl (C=O) groups excluding carboxylic acids is 2. The topological polar surface area (TPSA) is 61.9 Å². The molecule has 0 unspecified atom stereocenters. The van der Waals surface area contributed by atoms with Gasteiger partial charge in [0.25, 0.3) is 11.8 Å². The first kappa shape index (κ1) is 21.2. The van der Waals surface area contributed by atoms with Crippen LogP contribution in [0.25, 0.3) is 0 Å². The minimum Gasteiger partial charge on any atom is -0.497 e. The first-order valence-electron chi connectivity index (χ1n) is 11.2. The van der Waals surface area contributed by atoms with Gasteiger partial charge in [0, 0.05) is 43.5 Å². The number of carbonyl (C=O) groups is 2. The van der Waals surface area contributed by atoms with Crippen LogP contribution in [0.1, 0.15) is 52.8 Å². The van der Waals surface area contributed by atoms with Gasteiger partial charge in [0.15, 0.2) is 0 Å². The standard InChI is InChI=1S/C25H31N3O3/c1-31-21-11-9-19(10-12-21)24(29)26-20-13-17-27(18-14-20)23-8-4-3-7-22(23)25(30)28-15-5-2-6-16-28/h3-4,7-12,20H,2,5-6,13-18H2,1H3,(H,26,29). The maximum Gasteiger partial charge on any atom is 0.255 e. The van der Waals surface area contributed by atoms with Crippen LogP contribution in [0.5, 0.6) is 5.75 Å². The van der Waals surface area contributed by atoms with Gasteiger partial charge in [0.2, 0.25) is 0 Å². The van der Waals surface area contributed by atoms with Crippen LogP contribution in [-0.2, 0) is 0 Å². The quantitative estimate of drug-likeness (QED) is 0.799. The Bertz CT molecular complexity index is 898. The Hall–Kier alpha value is -3.02. The molecule has 6 nitrogen and oxygen atoms in total. The molecule has 2 aliphatic heterocycles. The molecule has 1 N–H and O–H groups in total. The van der Waals surface area contributed by atoms with Gasteiger partial charge in [-0.1, -0.05) is 12.1 Å². The van der Waals surface area contributed by atoms with Crippen LogP contribution in [-0.4, -0.2) is 56.0 Å². The van der Waals surface area contributed by atoms with Crippen LogP contribution in [0.3, 0.4) is 0 Å². The highest BCUT2D eigenvalue weighted by Gasteiger charge is 2.26. The average molecular weight is 422 g/mol. The van der Waals surface area contributed by atoms with E-state index in [1.807, 2.05) is 29.2 Å². The molecule has 2 aromatic rings. The van der Waals surface area contributed by atoms with Gasteiger partial charge in [-0.2, -0.15) is 0 Å². The van der Waals surface area contributed by atoms with E-state index < -0.39 is 0 Å². The van der Waals surface area contributed by atoms with Crippen molar-refractivity contribution in [2.24, 2.45) is 0 Å². The van der Waals surface area contributed by atoms with Crippen molar-refractivity contribution in [2.75, 3.05) is 38.2 Å². The highest BCUT2D eigenvalue weighted by Crippen LogP contribution is 2.26. The maximum absolute atomic E-state index is 13.1. The molecule has 0 bridgehead atoms. The van der Waals surface area contributed by atoms with E-state index in [9.17, 15) is 9.59 Å². The van der Waals surface area contributed by atoms with Gasteiger partial charge in [0.05, 0.1) is 12.7 Å². The minimum absolute atomic E-state index is 0.0539. The Balaban J connectivity index is 1.36. The van der Waals surface area contributed by atoms with Crippen molar-refractivity contribution in [2.45, 2.75) is 38.1 Å². The summed E-state index contributed by atoms with van der Waals surface area (Å²) >= 11 is 0. The number of anilines is 1. The lowest BCUT2D eigenvalue weighted by Gasteiger charge is -2.36. The summed E-state index contributed by atoms with van der Waals surface area (Å²) in [5.41, 5.74) is 2.45. The number of para-hydroxylation sites is 1. The van der Waals surface area contributed by atoms with Crippen LogP contribution in [0.4, 0.5) is 5.69 Å². The summed E-state index contributed by atoms with van der Waals surface area (Å²) in [4.78, 5) is 30.0. The number of methoxy groups -OCH3 is 1. The number of nitrogens with zero attached hydrogens (tertiary/aromatic N) is 2. The zero-order chi connectivity index (χ0) is 21.6. The summed E-state index contributed by atoms with van der Waals surface area (Å²) in [5, 5.41) is 3.15. The molecule has 4 rings (SSSR count). The molecule has 6 heteroatoms. The Kier molecular flexibility index (Phi) is 6.75. The molecule has 31 heavy (non-hydrogen) atoms. The number of ether oxygens (including phenoxy) is 1. The number of amides is 2.